The molecule has 7 rings (SSSR count). The Balaban J connectivity index is 1.05. The van der Waals surface area contributed by atoms with Crippen molar-refractivity contribution in [2.75, 3.05) is 43.5 Å². The van der Waals surface area contributed by atoms with Crippen molar-refractivity contribution in [2.24, 2.45) is 17.8 Å². The normalized spacial score (nSPS) is 21.2. The summed E-state index contributed by atoms with van der Waals surface area (Å²) in [5, 5.41) is 31.6. The van der Waals surface area contributed by atoms with Gasteiger partial charge < -0.3 is 25.2 Å². The highest BCUT2D eigenvalue weighted by Gasteiger charge is 2.44. The van der Waals surface area contributed by atoms with Crippen LogP contribution in [0.3, 0.4) is 0 Å². The Kier molecular flexibility index (Phi) is 8.40. The first-order chi connectivity index (χ1) is 22.8. The molecule has 6 heterocycles. The highest BCUT2D eigenvalue weighted by atomic mass is 32.1. The topological polar surface area (TPSA) is 154 Å². The van der Waals surface area contributed by atoms with E-state index in [1.54, 1.807) is 26.9 Å². The van der Waals surface area contributed by atoms with Crippen LogP contribution in [-0.2, 0) is 9.53 Å². The van der Waals surface area contributed by atoms with Gasteiger partial charge in [-0.05, 0) is 75.6 Å². The maximum atomic E-state index is 13.2. The Hall–Kier alpha value is -4.77. The van der Waals surface area contributed by atoms with E-state index in [0.717, 1.165) is 64.2 Å². The van der Waals surface area contributed by atoms with Gasteiger partial charge in [0, 0.05) is 56.1 Å². The van der Waals surface area contributed by atoms with E-state index in [9.17, 15) is 14.9 Å². The van der Waals surface area contributed by atoms with Gasteiger partial charge in [-0.1, -0.05) is 11.3 Å². The van der Waals surface area contributed by atoms with Gasteiger partial charge >= 0.3 is 6.09 Å². The van der Waals surface area contributed by atoms with Crippen LogP contribution in [-0.4, -0.2) is 87.1 Å². The second-order valence-corrected chi connectivity index (χ2v) is 13.9. The van der Waals surface area contributed by atoms with Crippen LogP contribution in [0.2, 0.25) is 0 Å². The molecular formula is C33H38N10O3S. The number of carbonyl (C=O) groups excluding carboxylic acids is 2. The van der Waals surface area contributed by atoms with Gasteiger partial charge in [-0.25, -0.2) is 9.31 Å². The van der Waals surface area contributed by atoms with Crippen LogP contribution in [0, 0.1) is 29.1 Å². The van der Waals surface area contributed by atoms with Gasteiger partial charge in [0.25, 0.3) is 0 Å². The predicted molar refractivity (Wildman–Crippen MR) is 178 cm³/mol. The third kappa shape index (κ3) is 6.07. The van der Waals surface area contributed by atoms with Gasteiger partial charge in [0.05, 0.1) is 41.3 Å². The number of piperidine rings is 2. The van der Waals surface area contributed by atoms with E-state index in [0.29, 0.717) is 43.3 Å². The monoisotopic (exact) mass is 654 g/mol. The zero-order valence-electron chi connectivity index (χ0n) is 26.7. The summed E-state index contributed by atoms with van der Waals surface area (Å²) in [7, 11) is 1.39. The molecule has 0 radical (unpaired) electrons. The van der Waals surface area contributed by atoms with Crippen molar-refractivity contribution in [1.82, 2.24) is 35.0 Å². The van der Waals surface area contributed by atoms with E-state index in [-0.39, 0.29) is 30.0 Å². The zero-order valence-corrected chi connectivity index (χ0v) is 27.5. The number of hydrogen-bond donors (Lipinski definition) is 2. The smallest absolute Gasteiger partial charge is 0.409 e. The zero-order chi connectivity index (χ0) is 32.7. The average Bonchev–Trinajstić information content (AvgIpc) is 3.79. The summed E-state index contributed by atoms with van der Waals surface area (Å²) in [5.74, 6) is 0.750. The number of anilines is 2. The molecule has 4 aromatic heterocycles. The lowest BCUT2D eigenvalue weighted by Gasteiger charge is -2.39. The molecular weight excluding hydrogens is 616 g/mol. The number of carbonyl (C=O) groups is 2. The molecule has 0 spiro atoms. The Labute approximate surface area is 276 Å². The van der Waals surface area contributed by atoms with E-state index in [1.807, 2.05) is 30.5 Å². The number of aromatic nitrogens is 5. The molecule has 1 unspecified atom stereocenters. The summed E-state index contributed by atoms with van der Waals surface area (Å²) in [6, 6.07) is 10.2. The van der Waals surface area contributed by atoms with Gasteiger partial charge in [-0.15, -0.1) is 10.2 Å². The number of nitriles is 1. The minimum absolute atomic E-state index is 0.0724. The van der Waals surface area contributed by atoms with E-state index in [2.05, 4.69) is 50.7 Å². The molecule has 3 atom stereocenters. The number of amides is 2. The molecule has 1 aliphatic carbocycles. The molecule has 14 heteroatoms. The van der Waals surface area contributed by atoms with Crippen LogP contribution in [0.1, 0.15) is 45.1 Å². The van der Waals surface area contributed by atoms with Crippen LogP contribution < -0.4 is 15.5 Å². The summed E-state index contributed by atoms with van der Waals surface area (Å²) in [4.78, 5) is 33.9. The molecule has 244 valence electrons. The van der Waals surface area contributed by atoms with Crippen molar-refractivity contribution >= 4 is 39.7 Å². The fourth-order valence-electron chi connectivity index (χ4n) is 7.25. The molecule has 2 N–H and O–H groups in total. The van der Waals surface area contributed by atoms with E-state index >= 15 is 0 Å². The molecule has 1 saturated carbocycles. The first kappa shape index (κ1) is 30.9. The molecule has 3 aliphatic rings. The predicted octanol–water partition coefficient (Wildman–Crippen LogP) is 4.42. The Morgan fingerprint density at radius 3 is 2.53 bits per heavy atom. The molecule has 3 fully saturated rings. The van der Waals surface area contributed by atoms with Crippen LogP contribution in [0.5, 0.6) is 0 Å². The lowest BCUT2D eigenvalue weighted by atomic mass is 9.90. The lowest BCUT2D eigenvalue weighted by molar-refractivity contribution is -0.127. The van der Waals surface area contributed by atoms with Crippen molar-refractivity contribution in [1.29, 1.82) is 5.26 Å². The van der Waals surface area contributed by atoms with Crippen molar-refractivity contribution in [3.8, 4) is 28.0 Å². The Bertz CT molecular complexity index is 1830. The van der Waals surface area contributed by atoms with Crippen LogP contribution >= 0.6 is 11.3 Å². The minimum atomic E-state index is -0.324. The second-order valence-electron chi connectivity index (χ2n) is 13.0. The van der Waals surface area contributed by atoms with E-state index < -0.39 is 0 Å². The summed E-state index contributed by atoms with van der Waals surface area (Å²) in [5.41, 5.74) is 4.73. The van der Waals surface area contributed by atoms with E-state index in [4.69, 9.17) is 9.72 Å². The molecule has 2 bridgehead atoms. The quantitative estimate of drug-likeness (QED) is 0.293. The summed E-state index contributed by atoms with van der Waals surface area (Å²) >= 11 is 1.56. The Morgan fingerprint density at radius 1 is 1.06 bits per heavy atom. The SMILES string of the molecule is COC(=O)N1CCC(C(=O)NC2[C@@H]3CC[C@H]2CN(c2nnc(-c4cnc(-c5ccc6cc(C#N)cnn56)cc4NC(C)C)s2)C3)CC1. The highest BCUT2D eigenvalue weighted by molar-refractivity contribution is 7.18. The number of likely N-dealkylation sites (tertiary alicyclic amines) is 1. The molecule has 0 aromatic carbocycles. The number of pyridine rings is 1. The fourth-order valence-corrected chi connectivity index (χ4v) is 8.14. The number of rotatable bonds is 7. The molecule has 47 heavy (non-hydrogen) atoms. The molecule has 13 nitrogen and oxygen atoms in total. The standard InChI is InChI=1S/C33H38N10O3S/c1-19(2)37-26-13-27(28-7-6-24-12-20(14-34)15-36-43(24)28)35-16-25(26)31-39-40-32(47-31)42-17-22-4-5-23(18-42)29(22)38-30(44)21-8-10-41(11-9-21)33(45)46-3/h6-7,12-13,15-16,19,21-23,29H,4-5,8-11,17-18H2,1-3H3,(H,35,37)(H,38,44)/t22-,23+,29?. The average molecular weight is 655 g/mol. The van der Waals surface area contributed by atoms with Crippen LogP contribution in [0.25, 0.3) is 27.5 Å². The maximum absolute atomic E-state index is 13.2. The molecule has 2 aliphatic heterocycles. The third-order valence-corrected chi connectivity index (χ3v) is 10.6. The summed E-state index contributed by atoms with van der Waals surface area (Å²) < 4.78 is 6.62. The fraction of sp³-hybridized carbons (Fsp3) is 0.485. The number of fused-ring (bicyclic) bond motifs is 3. The lowest BCUT2D eigenvalue weighted by Crippen LogP contribution is -2.54. The summed E-state index contributed by atoms with van der Waals surface area (Å²) in [6.45, 7) is 6.94. The number of methoxy groups -OCH3 is 1. The number of hydrogen-bond acceptors (Lipinski definition) is 11. The van der Waals surface area contributed by atoms with Gasteiger partial charge in [0.15, 0.2) is 5.01 Å². The number of nitrogens with zero attached hydrogens (tertiary/aromatic N) is 8. The second kappa shape index (κ2) is 12.8. The highest BCUT2D eigenvalue weighted by Crippen LogP contribution is 2.42. The summed E-state index contributed by atoms with van der Waals surface area (Å²) in [6.07, 6.45) is 6.55. The number of ether oxygens (including phenoxy) is 1. The van der Waals surface area contributed by atoms with Gasteiger partial charge in [-0.3, -0.25) is 9.78 Å². The maximum Gasteiger partial charge on any atom is 0.409 e. The van der Waals surface area contributed by atoms with Crippen LogP contribution in [0.15, 0.2) is 36.7 Å². The van der Waals surface area contributed by atoms with Crippen molar-refractivity contribution in [2.45, 2.75) is 51.6 Å². The third-order valence-electron chi connectivity index (χ3n) is 9.60. The van der Waals surface area contributed by atoms with Crippen molar-refractivity contribution in [3.63, 3.8) is 0 Å². The first-order valence-corrected chi connectivity index (χ1v) is 17.0. The first-order valence-electron chi connectivity index (χ1n) is 16.2. The van der Waals surface area contributed by atoms with Gasteiger partial charge in [0.2, 0.25) is 11.0 Å². The molecule has 2 saturated heterocycles. The van der Waals surface area contributed by atoms with Crippen molar-refractivity contribution < 1.29 is 14.3 Å². The van der Waals surface area contributed by atoms with Crippen molar-refractivity contribution in [3.05, 3.63) is 42.2 Å². The van der Waals surface area contributed by atoms with Gasteiger partial charge in [-0.2, -0.15) is 10.4 Å². The van der Waals surface area contributed by atoms with E-state index in [1.165, 1.54) is 7.11 Å². The van der Waals surface area contributed by atoms with Crippen LogP contribution in [0.4, 0.5) is 15.6 Å². The minimum Gasteiger partial charge on any atom is -0.453 e. The molecule has 4 aromatic rings. The number of nitrogens with one attached hydrogen (secondary N) is 2. The largest absolute Gasteiger partial charge is 0.453 e. The van der Waals surface area contributed by atoms with Gasteiger partial charge in [0.1, 0.15) is 6.07 Å². The molecule has 2 amide bonds. The Morgan fingerprint density at radius 2 is 1.83 bits per heavy atom.